The molecule has 0 saturated carbocycles. The Hall–Kier alpha value is -3.16. The number of carbonyl (C=O) groups is 3. The highest BCUT2D eigenvalue weighted by molar-refractivity contribution is 5.93. The minimum absolute atomic E-state index is 0.175. The highest BCUT2D eigenvalue weighted by atomic mass is 16.5. The Kier molecular flexibility index (Phi) is 6.87. The van der Waals surface area contributed by atoms with Crippen LogP contribution in [0.5, 0.6) is 0 Å². The third-order valence-corrected chi connectivity index (χ3v) is 5.29. The number of esters is 2. The predicted octanol–water partition coefficient (Wildman–Crippen LogP) is 2.45. The van der Waals surface area contributed by atoms with Gasteiger partial charge in [0.25, 0.3) is 5.91 Å². The van der Waals surface area contributed by atoms with Crippen molar-refractivity contribution in [2.75, 3.05) is 26.3 Å². The molecule has 0 unspecified atom stereocenters. The van der Waals surface area contributed by atoms with Crippen LogP contribution in [-0.2, 0) is 19.1 Å². The summed E-state index contributed by atoms with van der Waals surface area (Å²) in [4.78, 5) is 38.5. The largest absolute Gasteiger partial charge is 0.466 e. The molecule has 0 spiro atoms. The number of piperidine rings is 1. The SMILES string of the molecule is CCOC(=O)C1CCN(C(=O)COC(=O)c2c(C)nn(-c3ccccc3)c2C)CC1. The molecule has 1 fully saturated rings. The second kappa shape index (κ2) is 9.56. The van der Waals surface area contributed by atoms with Crippen LogP contribution >= 0.6 is 0 Å². The summed E-state index contributed by atoms with van der Waals surface area (Å²) in [6, 6.07) is 9.50. The van der Waals surface area contributed by atoms with Crippen LogP contribution in [0.25, 0.3) is 5.69 Å². The number of nitrogens with zero attached hydrogens (tertiary/aromatic N) is 3. The maximum absolute atomic E-state index is 12.6. The van der Waals surface area contributed by atoms with E-state index in [2.05, 4.69) is 5.10 Å². The molecule has 30 heavy (non-hydrogen) atoms. The van der Waals surface area contributed by atoms with Crippen molar-refractivity contribution in [3.05, 3.63) is 47.3 Å². The Morgan fingerprint density at radius 2 is 1.73 bits per heavy atom. The van der Waals surface area contributed by atoms with E-state index in [9.17, 15) is 14.4 Å². The maximum atomic E-state index is 12.6. The smallest absolute Gasteiger partial charge is 0.342 e. The molecule has 160 valence electrons. The standard InChI is InChI=1S/C22H27N3O5/c1-4-29-21(27)17-10-12-24(13-11-17)19(26)14-30-22(28)20-15(2)23-25(16(20)3)18-8-6-5-7-9-18/h5-9,17H,4,10-14H2,1-3H3. The molecule has 0 radical (unpaired) electrons. The molecule has 8 heteroatoms. The van der Waals surface area contributed by atoms with Crippen molar-refractivity contribution < 1.29 is 23.9 Å². The Morgan fingerprint density at radius 1 is 1.07 bits per heavy atom. The second-order valence-corrected chi connectivity index (χ2v) is 7.28. The van der Waals surface area contributed by atoms with Crippen LogP contribution in [0.2, 0.25) is 0 Å². The van der Waals surface area contributed by atoms with Crippen molar-refractivity contribution in [3.63, 3.8) is 0 Å². The van der Waals surface area contributed by atoms with Gasteiger partial charge in [-0.05, 0) is 45.7 Å². The summed E-state index contributed by atoms with van der Waals surface area (Å²) in [6.07, 6.45) is 1.11. The van der Waals surface area contributed by atoms with Crippen molar-refractivity contribution >= 4 is 17.8 Å². The summed E-state index contributed by atoms with van der Waals surface area (Å²) in [5.41, 5.74) is 2.42. The van der Waals surface area contributed by atoms with E-state index < -0.39 is 5.97 Å². The minimum Gasteiger partial charge on any atom is -0.466 e. The zero-order valence-electron chi connectivity index (χ0n) is 17.6. The summed E-state index contributed by atoms with van der Waals surface area (Å²) >= 11 is 0. The molecule has 1 aromatic carbocycles. The molecule has 0 N–H and O–H groups in total. The van der Waals surface area contributed by atoms with Gasteiger partial charge in [-0.15, -0.1) is 0 Å². The van der Waals surface area contributed by atoms with E-state index in [0.29, 0.717) is 49.5 Å². The first-order chi connectivity index (χ1) is 14.4. The third kappa shape index (κ3) is 4.69. The molecule has 2 heterocycles. The van der Waals surface area contributed by atoms with E-state index >= 15 is 0 Å². The van der Waals surface area contributed by atoms with E-state index in [0.717, 1.165) is 5.69 Å². The maximum Gasteiger partial charge on any atom is 0.342 e. The Morgan fingerprint density at radius 3 is 2.37 bits per heavy atom. The van der Waals surface area contributed by atoms with Gasteiger partial charge in [0, 0.05) is 13.1 Å². The lowest BCUT2D eigenvalue weighted by molar-refractivity contribution is -0.151. The van der Waals surface area contributed by atoms with Gasteiger partial charge in [0.05, 0.1) is 29.6 Å². The summed E-state index contributed by atoms with van der Waals surface area (Å²) < 4.78 is 12.0. The van der Waals surface area contributed by atoms with Crippen molar-refractivity contribution in [2.24, 2.45) is 5.92 Å². The molecule has 2 aromatic rings. The topological polar surface area (TPSA) is 90.7 Å². The number of ether oxygens (including phenoxy) is 2. The van der Waals surface area contributed by atoms with Gasteiger partial charge in [0.15, 0.2) is 6.61 Å². The monoisotopic (exact) mass is 413 g/mol. The number of rotatable bonds is 6. The Bertz CT molecular complexity index is 914. The van der Waals surface area contributed by atoms with Crippen molar-refractivity contribution in [3.8, 4) is 5.69 Å². The molecule has 0 aliphatic carbocycles. The fourth-order valence-electron chi connectivity index (χ4n) is 3.67. The average Bonchev–Trinajstić information content (AvgIpc) is 3.06. The van der Waals surface area contributed by atoms with Crippen molar-refractivity contribution in [1.29, 1.82) is 0 Å². The number of benzene rings is 1. The van der Waals surface area contributed by atoms with E-state index in [-0.39, 0.29) is 24.4 Å². The zero-order chi connectivity index (χ0) is 21.7. The van der Waals surface area contributed by atoms with E-state index in [1.165, 1.54) is 0 Å². The molecule has 1 saturated heterocycles. The van der Waals surface area contributed by atoms with Crippen LogP contribution in [0.4, 0.5) is 0 Å². The van der Waals surface area contributed by atoms with Crippen LogP contribution in [0.15, 0.2) is 30.3 Å². The number of amides is 1. The highest BCUT2D eigenvalue weighted by Gasteiger charge is 2.29. The average molecular weight is 413 g/mol. The minimum atomic E-state index is -0.568. The lowest BCUT2D eigenvalue weighted by Crippen LogP contribution is -2.42. The first kappa shape index (κ1) is 21.5. The van der Waals surface area contributed by atoms with Gasteiger partial charge in [0.2, 0.25) is 0 Å². The first-order valence-electron chi connectivity index (χ1n) is 10.2. The number of hydrogen-bond acceptors (Lipinski definition) is 6. The van der Waals surface area contributed by atoms with Crippen LogP contribution in [0.1, 0.15) is 41.5 Å². The summed E-state index contributed by atoms with van der Waals surface area (Å²) in [7, 11) is 0. The summed E-state index contributed by atoms with van der Waals surface area (Å²) in [5.74, 6) is -1.22. The van der Waals surface area contributed by atoms with Crippen LogP contribution in [0.3, 0.4) is 0 Å². The number of carbonyl (C=O) groups excluding carboxylic acids is 3. The van der Waals surface area contributed by atoms with Gasteiger partial charge < -0.3 is 14.4 Å². The number of aryl methyl sites for hydroxylation is 1. The number of likely N-dealkylation sites (tertiary alicyclic amines) is 1. The molecule has 1 amide bonds. The highest BCUT2D eigenvalue weighted by Crippen LogP contribution is 2.20. The molecule has 1 aliphatic rings. The molecule has 8 nitrogen and oxygen atoms in total. The van der Waals surface area contributed by atoms with Gasteiger partial charge in [-0.2, -0.15) is 5.10 Å². The lowest BCUT2D eigenvalue weighted by Gasteiger charge is -2.30. The fraction of sp³-hybridized carbons (Fsp3) is 0.455. The van der Waals surface area contributed by atoms with Crippen LogP contribution in [-0.4, -0.2) is 58.8 Å². The Labute approximate surface area is 175 Å². The van der Waals surface area contributed by atoms with Crippen LogP contribution < -0.4 is 0 Å². The van der Waals surface area contributed by atoms with E-state index in [4.69, 9.17) is 9.47 Å². The number of para-hydroxylation sites is 1. The first-order valence-corrected chi connectivity index (χ1v) is 10.2. The predicted molar refractivity (Wildman–Crippen MR) is 109 cm³/mol. The third-order valence-electron chi connectivity index (χ3n) is 5.29. The van der Waals surface area contributed by atoms with Crippen LogP contribution in [0, 0.1) is 19.8 Å². The van der Waals surface area contributed by atoms with E-state index in [1.54, 1.807) is 30.4 Å². The Balaban J connectivity index is 1.57. The molecular formula is C22H27N3O5. The molecule has 1 aromatic heterocycles. The number of aromatic nitrogens is 2. The molecule has 1 aliphatic heterocycles. The van der Waals surface area contributed by atoms with Crippen molar-refractivity contribution in [2.45, 2.75) is 33.6 Å². The summed E-state index contributed by atoms with van der Waals surface area (Å²) in [5, 5.41) is 4.44. The fourth-order valence-corrected chi connectivity index (χ4v) is 3.67. The zero-order valence-corrected chi connectivity index (χ0v) is 17.6. The lowest BCUT2D eigenvalue weighted by atomic mass is 9.97. The normalized spacial score (nSPS) is 14.4. The molecular weight excluding hydrogens is 386 g/mol. The van der Waals surface area contributed by atoms with Gasteiger partial charge >= 0.3 is 11.9 Å². The van der Waals surface area contributed by atoms with Gasteiger partial charge in [0.1, 0.15) is 5.56 Å². The molecule has 3 rings (SSSR count). The van der Waals surface area contributed by atoms with Crippen molar-refractivity contribution in [1.82, 2.24) is 14.7 Å². The number of hydrogen-bond donors (Lipinski definition) is 0. The van der Waals surface area contributed by atoms with Gasteiger partial charge in [-0.3, -0.25) is 9.59 Å². The van der Waals surface area contributed by atoms with Gasteiger partial charge in [-0.1, -0.05) is 18.2 Å². The van der Waals surface area contributed by atoms with E-state index in [1.807, 2.05) is 30.3 Å². The molecule has 0 bridgehead atoms. The quantitative estimate of drug-likeness (QED) is 0.676. The molecule has 0 atom stereocenters. The second-order valence-electron chi connectivity index (χ2n) is 7.28. The summed E-state index contributed by atoms with van der Waals surface area (Å²) in [6.45, 7) is 6.23. The van der Waals surface area contributed by atoms with Gasteiger partial charge in [-0.25, -0.2) is 9.48 Å².